The Bertz CT molecular complexity index is 741. The summed E-state index contributed by atoms with van der Waals surface area (Å²) in [6, 6.07) is 6.67. The van der Waals surface area contributed by atoms with Crippen molar-refractivity contribution in [3.05, 3.63) is 41.8 Å². The van der Waals surface area contributed by atoms with Crippen molar-refractivity contribution in [3.63, 3.8) is 0 Å². The van der Waals surface area contributed by atoms with E-state index in [1.165, 1.54) is 6.07 Å². The molecule has 0 spiro atoms. The van der Waals surface area contributed by atoms with Crippen LogP contribution in [-0.2, 0) is 9.53 Å². The molecule has 1 aromatic carbocycles. The smallest absolute Gasteiger partial charge is 0.311 e. The number of pyridine rings is 1. The largest absolute Gasteiger partial charge is 0.466 e. The molecule has 3 rings (SSSR count). The molecule has 25 heavy (non-hydrogen) atoms. The Balaban J connectivity index is 1.74. The molecule has 1 saturated carbocycles. The molecular weight excluding hydrogens is 321 g/mol. The number of aliphatic hydroxyl groups excluding tert-OH is 1. The zero-order valence-corrected chi connectivity index (χ0v) is 14.5. The highest BCUT2D eigenvalue weighted by atomic mass is 19.1. The van der Waals surface area contributed by atoms with Crippen LogP contribution < -0.4 is 0 Å². The van der Waals surface area contributed by atoms with Crippen LogP contribution in [0.3, 0.4) is 0 Å². The van der Waals surface area contributed by atoms with Gasteiger partial charge in [-0.3, -0.25) is 9.78 Å². The minimum Gasteiger partial charge on any atom is -0.466 e. The summed E-state index contributed by atoms with van der Waals surface area (Å²) in [5.41, 5.74) is 1.93. The standard InChI is InChI=1S/C20H24FNO3/c1-2-25-20(24)18(12-23)14-5-3-13(4-6-14)16-9-10-22-19-8-7-15(21)11-17(16)19/h7-11,13-14,18,23H,2-6,12H2,1H3/t13-,14+,18?. The summed E-state index contributed by atoms with van der Waals surface area (Å²) in [5.74, 6) is -0.522. The SMILES string of the molecule is CCOC(=O)C(CO)[C@H]1CC[C@@H](c2ccnc3ccc(F)cc32)CC1. The third kappa shape index (κ3) is 3.82. The second-order valence-electron chi connectivity index (χ2n) is 6.71. The number of hydrogen-bond donors (Lipinski definition) is 1. The second kappa shape index (κ2) is 7.91. The molecule has 0 aliphatic heterocycles. The number of esters is 1. The minimum absolute atomic E-state index is 0.144. The maximum absolute atomic E-state index is 13.7. The Morgan fingerprint density at radius 1 is 1.32 bits per heavy atom. The first-order valence-electron chi connectivity index (χ1n) is 8.95. The average Bonchev–Trinajstić information content (AvgIpc) is 2.63. The number of fused-ring (bicyclic) bond motifs is 1. The lowest BCUT2D eigenvalue weighted by atomic mass is 9.73. The fourth-order valence-corrected chi connectivity index (χ4v) is 3.99. The van der Waals surface area contributed by atoms with Gasteiger partial charge in [0, 0.05) is 11.6 Å². The lowest BCUT2D eigenvalue weighted by molar-refractivity contribution is -0.152. The number of ether oxygens (including phenoxy) is 1. The quantitative estimate of drug-likeness (QED) is 0.837. The monoisotopic (exact) mass is 345 g/mol. The van der Waals surface area contributed by atoms with Crippen LogP contribution in [0.1, 0.15) is 44.1 Å². The van der Waals surface area contributed by atoms with E-state index in [0.29, 0.717) is 12.5 Å². The van der Waals surface area contributed by atoms with Crippen LogP contribution in [-0.4, -0.2) is 29.3 Å². The molecule has 1 fully saturated rings. The molecule has 1 heterocycles. The molecule has 1 atom stereocenters. The van der Waals surface area contributed by atoms with Gasteiger partial charge in [0.15, 0.2) is 0 Å². The summed E-state index contributed by atoms with van der Waals surface area (Å²) in [5, 5.41) is 10.4. The number of carbonyl (C=O) groups is 1. The van der Waals surface area contributed by atoms with E-state index in [4.69, 9.17) is 4.74 Å². The van der Waals surface area contributed by atoms with Gasteiger partial charge in [0.2, 0.25) is 0 Å². The second-order valence-corrected chi connectivity index (χ2v) is 6.71. The summed E-state index contributed by atoms with van der Waals surface area (Å²) in [4.78, 5) is 16.3. The summed E-state index contributed by atoms with van der Waals surface area (Å²) < 4.78 is 18.7. The van der Waals surface area contributed by atoms with Crippen LogP contribution in [0.4, 0.5) is 4.39 Å². The van der Waals surface area contributed by atoms with Crippen LogP contribution in [0.25, 0.3) is 10.9 Å². The summed E-state index contributed by atoms with van der Waals surface area (Å²) in [6.45, 7) is 1.94. The van der Waals surface area contributed by atoms with Gasteiger partial charge in [0.05, 0.1) is 24.6 Å². The van der Waals surface area contributed by atoms with Crippen molar-refractivity contribution in [3.8, 4) is 0 Å². The van der Waals surface area contributed by atoms with Gasteiger partial charge in [0.1, 0.15) is 5.82 Å². The summed E-state index contributed by atoms with van der Waals surface area (Å²) in [7, 11) is 0. The highest BCUT2D eigenvalue weighted by Gasteiger charge is 2.33. The van der Waals surface area contributed by atoms with Crippen molar-refractivity contribution in [2.45, 2.75) is 38.5 Å². The number of benzene rings is 1. The average molecular weight is 345 g/mol. The molecule has 5 heteroatoms. The maximum atomic E-state index is 13.7. The topological polar surface area (TPSA) is 59.4 Å². The third-order valence-electron chi connectivity index (χ3n) is 5.30. The molecule has 134 valence electrons. The van der Waals surface area contributed by atoms with Crippen LogP contribution in [0.15, 0.2) is 30.5 Å². The van der Waals surface area contributed by atoms with Gasteiger partial charge >= 0.3 is 5.97 Å². The van der Waals surface area contributed by atoms with Crippen LogP contribution in [0, 0.1) is 17.7 Å². The Labute approximate surface area is 147 Å². The van der Waals surface area contributed by atoms with E-state index in [1.807, 2.05) is 6.07 Å². The van der Waals surface area contributed by atoms with Gasteiger partial charge in [0.25, 0.3) is 0 Å². The molecule has 2 aromatic rings. The Hall–Kier alpha value is -2.01. The van der Waals surface area contributed by atoms with Crippen molar-refractivity contribution in [2.75, 3.05) is 13.2 Å². The third-order valence-corrected chi connectivity index (χ3v) is 5.30. The highest BCUT2D eigenvalue weighted by molar-refractivity contribution is 5.82. The molecule has 1 N–H and O–H groups in total. The number of aromatic nitrogens is 1. The zero-order valence-electron chi connectivity index (χ0n) is 14.5. The van der Waals surface area contributed by atoms with Crippen molar-refractivity contribution in [1.29, 1.82) is 0 Å². The molecule has 1 aromatic heterocycles. The van der Waals surface area contributed by atoms with E-state index in [9.17, 15) is 14.3 Å². The van der Waals surface area contributed by atoms with Crippen molar-refractivity contribution in [1.82, 2.24) is 4.98 Å². The number of aliphatic hydroxyl groups is 1. The van der Waals surface area contributed by atoms with Crippen molar-refractivity contribution >= 4 is 16.9 Å². The molecular formula is C20H24FNO3. The van der Waals surface area contributed by atoms with E-state index in [-0.39, 0.29) is 24.3 Å². The maximum Gasteiger partial charge on any atom is 0.311 e. The molecule has 0 saturated heterocycles. The van der Waals surface area contributed by atoms with Crippen LogP contribution >= 0.6 is 0 Å². The predicted molar refractivity (Wildman–Crippen MR) is 93.6 cm³/mol. The van der Waals surface area contributed by atoms with Crippen molar-refractivity contribution in [2.24, 2.45) is 11.8 Å². The van der Waals surface area contributed by atoms with Gasteiger partial charge < -0.3 is 9.84 Å². The zero-order chi connectivity index (χ0) is 17.8. The van der Waals surface area contributed by atoms with Gasteiger partial charge in [-0.25, -0.2) is 4.39 Å². The van der Waals surface area contributed by atoms with E-state index < -0.39 is 5.92 Å². The number of nitrogens with zero attached hydrogens (tertiary/aromatic N) is 1. The number of hydrogen-bond acceptors (Lipinski definition) is 4. The van der Waals surface area contributed by atoms with E-state index >= 15 is 0 Å². The summed E-state index contributed by atoms with van der Waals surface area (Å²) >= 11 is 0. The Kier molecular flexibility index (Phi) is 5.63. The lowest BCUT2D eigenvalue weighted by Crippen LogP contribution is -2.31. The van der Waals surface area contributed by atoms with E-state index in [1.54, 1.807) is 25.3 Å². The number of rotatable bonds is 5. The molecule has 0 bridgehead atoms. The number of halogens is 1. The first-order chi connectivity index (χ1) is 12.1. The fraction of sp³-hybridized carbons (Fsp3) is 0.500. The molecule has 1 aliphatic rings. The normalized spacial score (nSPS) is 21.9. The van der Waals surface area contributed by atoms with Crippen LogP contribution in [0.2, 0.25) is 0 Å². The molecule has 0 radical (unpaired) electrons. The highest BCUT2D eigenvalue weighted by Crippen LogP contribution is 2.41. The molecule has 0 amide bonds. The Morgan fingerprint density at radius 3 is 2.76 bits per heavy atom. The first-order valence-corrected chi connectivity index (χ1v) is 8.95. The van der Waals surface area contributed by atoms with Crippen LogP contribution in [0.5, 0.6) is 0 Å². The lowest BCUT2D eigenvalue weighted by Gasteiger charge is -2.32. The number of carbonyl (C=O) groups excluding carboxylic acids is 1. The van der Waals surface area contributed by atoms with Gasteiger partial charge in [-0.1, -0.05) is 0 Å². The van der Waals surface area contributed by atoms with E-state index in [2.05, 4.69) is 4.98 Å². The van der Waals surface area contributed by atoms with E-state index in [0.717, 1.165) is 42.1 Å². The molecule has 4 nitrogen and oxygen atoms in total. The fourth-order valence-electron chi connectivity index (χ4n) is 3.99. The van der Waals surface area contributed by atoms with Gasteiger partial charge in [-0.05, 0) is 74.3 Å². The molecule has 1 unspecified atom stereocenters. The van der Waals surface area contributed by atoms with Gasteiger partial charge in [-0.15, -0.1) is 0 Å². The Morgan fingerprint density at radius 2 is 2.08 bits per heavy atom. The summed E-state index contributed by atoms with van der Waals surface area (Å²) in [6.07, 6.45) is 5.31. The molecule has 1 aliphatic carbocycles. The minimum atomic E-state index is -0.437. The van der Waals surface area contributed by atoms with Crippen molar-refractivity contribution < 1.29 is 19.0 Å². The predicted octanol–water partition coefficient (Wildman–Crippen LogP) is 3.82. The first kappa shape index (κ1) is 17.8. The van der Waals surface area contributed by atoms with Gasteiger partial charge in [-0.2, -0.15) is 0 Å².